The number of carbonyl (C=O) groups is 1. The van der Waals surface area contributed by atoms with Gasteiger partial charge >= 0.3 is 0 Å². The number of hydrogen-bond acceptors (Lipinski definition) is 3. The molecule has 18 heavy (non-hydrogen) atoms. The van der Waals surface area contributed by atoms with Gasteiger partial charge in [0.2, 0.25) is 5.91 Å². The van der Waals surface area contributed by atoms with Gasteiger partial charge in [0.15, 0.2) is 0 Å². The number of thiophene rings is 1. The highest BCUT2D eigenvalue weighted by molar-refractivity contribution is 7.10. The standard InChI is InChI=1S/C14H22N2OS/c1-3-14(4-2,10-15)13(17)16-7-5-12-11(9-16)6-8-18-12/h6,8H,3-5,7,9-10,15H2,1-2H3. The van der Waals surface area contributed by atoms with E-state index in [0.29, 0.717) is 6.54 Å². The Hall–Kier alpha value is -0.870. The first-order chi connectivity index (χ1) is 8.66. The Bertz CT molecular complexity index is 415. The number of carbonyl (C=O) groups excluding carboxylic acids is 1. The average molecular weight is 266 g/mol. The second-order valence-corrected chi connectivity index (χ2v) is 6.04. The van der Waals surface area contributed by atoms with Crippen LogP contribution in [0.1, 0.15) is 37.1 Å². The fourth-order valence-electron chi connectivity index (χ4n) is 2.69. The maximum Gasteiger partial charge on any atom is 0.230 e. The molecule has 0 saturated carbocycles. The Morgan fingerprint density at radius 2 is 2.22 bits per heavy atom. The first-order valence-corrected chi connectivity index (χ1v) is 7.59. The van der Waals surface area contributed by atoms with E-state index in [0.717, 1.165) is 32.4 Å². The highest BCUT2D eigenvalue weighted by Crippen LogP contribution is 2.31. The molecule has 1 aromatic rings. The van der Waals surface area contributed by atoms with Crippen molar-refractivity contribution in [2.24, 2.45) is 11.1 Å². The average Bonchev–Trinajstić information content (AvgIpc) is 2.88. The fraction of sp³-hybridized carbons (Fsp3) is 0.643. The fourth-order valence-corrected chi connectivity index (χ4v) is 3.58. The predicted molar refractivity (Wildman–Crippen MR) is 75.5 cm³/mol. The maximum absolute atomic E-state index is 12.7. The van der Waals surface area contributed by atoms with Gasteiger partial charge in [0, 0.05) is 24.5 Å². The van der Waals surface area contributed by atoms with Gasteiger partial charge in [0.05, 0.1) is 5.41 Å². The van der Waals surface area contributed by atoms with Crippen LogP contribution in [0.15, 0.2) is 11.4 Å². The van der Waals surface area contributed by atoms with Gasteiger partial charge in [-0.3, -0.25) is 4.79 Å². The normalized spacial score (nSPS) is 15.6. The number of fused-ring (bicyclic) bond motifs is 1. The van der Waals surface area contributed by atoms with Crippen LogP contribution in [-0.4, -0.2) is 23.9 Å². The van der Waals surface area contributed by atoms with Crippen LogP contribution in [0.3, 0.4) is 0 Å². The van der Waals surface area contributed by atoms with Crippen molar-refractivity contribution in [3.8, 4) is 0 Å². The Labute approximate surface area is 113 Å². The molecule has 2 N–H and O–H groups in total. The zero-order valence-electron chi connectivity index (χ0n) is 11.2. The quantitative estimate of drug-likeness (QED) is 0.909. The van der Waals surface area contributed by atoms with Crippen molar-refractivity contribution in [1.29, 1.82) is 0 Å². The highest BCUT2D eigenvalue weighted by Gasteiger charge is 2.37. The van der Waals surface area contributed by atoms with Crippen LogP contribution in [0.2, 0.25) is 0 Å². The number of rotatable bonds is 4. The van der Waals surface area contributed by atoms with Crippen molar-refractivity contribution >= 4 is 17.2 Å². The molecule has 0 radical (unpaired) electrons. The van der Waals surface area contributed by atoms with E-state index in [1.165, 1.54) is 10.4 Å². The molecule has 0 bridgehead atoms. The van der Waals surface area contributed by atoms with Crippen molar-refractivity contribution in [2.75, 3.05) is 13.1 Å². The Kier molecular flexibility index (Phi) is 4.07. The summed E-state index contributed by atoms with van der Waals surface area (Å²) in [6.07, 6.45) is 2.64. The van der Waals surface area contributed by atoms with Gasteiger partial charge in [0.25, 0.3) is 0 Å². The van der Waals surface area contributed by atoms with Crippen LogP contribution < -0.4 is 5.73 Å². The molecule has 0 fully saturated rings. The molecule has 0 aromatic carbocycles. The summed E-state index contributed by atoms with van der Waals surface area (Å²) in [6, 6.07) is 2.14. The molecule has 1 aliphatic rings. The summed E-state index contributed by atoms with van der Waals surface area (Å²) in [5.41, 5.74) is 6.83. The van der Waals surface area contributed by atoms with E-state index in [1.807, 2.05) is 4.90 Å². The summed E-state index contributed by atoms with van der Waals surface area (Å²) in [5.74, 6) is 0.242. The second-order valence-electron chi connectivity index (χ2n) is 5.04. The third-order valence-electron chi connectivity index (χ3n) is 4.29. The highest BCUT2D eigenvalue weighted by atomic mass is 32.1. The lowest BCUT2D eigenvalue weighted by atomic mass is 9.80. The minimum absolute atomic E-state index is 0.242. The summed E-state index contributed by atoms with van der Waals surface area (Å²) in [5, 5.41) is 2.12. The van der Waals surface area contributed by atoms with Crippen LogP contribution in [0, 0.1) is 5.41 Å². The summed E-state index contributed by atoms with van der Waals surface area (Å²) >= 11 is 1.80. The van der Waals surface area contributed by atoms with Crippen LogP contribution in [0.4, 0.5) is 0 Å². The van der Waals surface area contributed by atoms with E-state index in [2.05, 4.69) is 25.3 Å². The van der Waals surface area contributed by atoms with Crippen molar-refractivity contribution in [3.05, 3.63) is 21.9 Å². The smallest absolute Gasteiger partial charge is 0.230 e. The topological polar surface area (TPSA) is 46.3 Å². The molecule has 0 aliphatic carbocycles. The molecule has 2 heterocycles. The maximum atomic E-state index is 12.7. The summed E-state index contributed by atoms with van der Waals surface area (Å²) in [6.45, 7) is 6.18. The molecule has 100 valence electrons. The molecule has 1 aliphatic heterocycles. The number of amides is 1. The molecule has 1 amide bonds. The van der Waals surface area contributed by atoms with Crippen LogP contribution in [0.25, 0.3) is 0 Å². The van der Waals surface area contributed by atoms with E-state index in [1.54, 1.807) is 11.3 Å². The van der Waals surface area contributed by atoms with E-state index in [4.69, 9.17) is 5.73 Å². The molecule has 0 spiro atoms. The largest absolute Gasteiger partial charge is 0.337 e. The van der Waals surface area contributed by atoms with Gasteiger partial charge in [-0.05, 0) is 36.3 Å². The van der Waals surface area contributed by atoms with Crippen molar-refractivity contribution < 1.29 is 4.79 Å². The SMILES string of the molecule is CCC(CC)(CN)C(=O)N1CCc2sccc2C1. The third kappa shape index (κ3) is 2.19. The lowest BCUT2D eigenvalue weighted by Crippen LogP contribution is -2.48. The zero-order valence-corrected chi connectivity index (χ0v) is 12.1. The first kappa shape index (κ1) is 13.6. The second kappa shape index (κ2) is 5.41. The Morgan fingerprint density at radius 3 is 2.83 bits per heavy atom. The minimum atomic E-state index is -0.354. The van der Waals surface area contributed by atoms with E-state index >= 15 is 0 Å². The molecular weight excluding hydrogens is 244 g/mol. The van der Waals surface area contributed by atoms with Crippen molar-refractivity contribution in [2.45, 2.75) is 39.7 Å². The van der Waals surface area contributed by atoms with Crippen LogP contribution in [-0.2, 0) is 17.8 Å². The van der Waals surface area contributed by atoms with E-state index in [9.17, 15) is 4.79 Å². The molecular formula is C14H22N2OS. The first-order valence-electron chi connectivity index (χ1n) is 6.71. The lowest BCUT2D eigenvalue weighted by molar-refractivity contribution is -0.143. The Morgan fingerprint density at radius 1 is 1.50 bits per heavy atom. The Balaban J connectivity index is 2.16. The third-order valence-corrected chi connectivity index (χ3v) is 5.32. The number of nitrogens with two attached hydrogens (primary N) is 1. The number of nitrogens with zero attached hydrogens (tertiary/aromatic N) is 1. The van der Waals surface area contributed by atoms with Gasteiger partial charge in [-0.1, -0.05) is 13.8 Å². The molecule has 0 atom stereocenters. The van der Waals surface area contributed by atoms with Crippen molar-refractivity contribution in [1.82, 2.24) is 4.90 Å². The summed E-state index contributed by atoms with van der Waals surface area (Å²) < 4.78 is 0. The molecule has 4 heteroatoms. The van der Waals surface area contributed by atoms with Gasteiger partial charge in [-0.25, -0.2) is 0 Å². The molecule has 0 unspecified atom stereocenters. The predicted octanol–water partition coefficient (Wildman–Crippen LogP) is 2.40. The van der Waals surface area contributed by atoms with E-state index in [-0.39, 0.29) is 11.3 Å². The van der Waals surface area contributed by atoms with Gasteiger partial charge in [0.1, 0.15) is 0 Å². The van der Waals surface area contributed by atoms with Gasteiger partial charge in [-0.15, -0.1) is 11.3 Å². The summed E-state index contributed by atoms with van der Waals surface area (Å²) in [4.78, 5) is 16.1. The molecule has 3 nitrogen and oxygen atoms in total. The minimum Gasteiger partial charge on any atom is -0.337 e. The summed E-state index contributed by atoms with van der Waals surface area (Å²) in [7, 11) is 0. The van der Waals surface area contributed by atoms with Gasteiger partial charge in [-0.2, -0.15) is 0 Å². The molecule has 1 aromatic heterocycles. The van der Waals surface area contributed by atoms with E-state index < -0.39 is 0 Å². The zero-order chi connectivity index (χ0) is 13.2. The molecule has 0 saturated heterocycles. The molecule has 2 rings (SSSR count). The monoisotopic (exact) mass is 266 g/mol. The van der Waals surface area contributed by atoms with Crippen LogP contribution >= 0.6 is 11.3 Å². The lowest BCUT2D eigenvalue weighted by Gasteiger charge is -2.37. The number of hydrogen-bond donors (Lipinski definition) is 1. The van der Waals surface area contributed by atoms with Crippen LogP contribution in [0.5, 0.6) is 0 Å². The van der Waals surface area contributed by atoms with Gasteiger partial charge < -0.3 is 10.6 Å². The van der Waals surface area contributed by atoms with Crippen molar-refractivity contribution in [3.63, 3.8) is 0 Å².